The molecular weight excluding hydrogens is 441 g/mol. The summed E-state index contributed by atoms with van der Waals surface area (Å²) in [6.45, 7) is 5.24. The lowest BCUT2D eigenvalue weighted by molar-refractivity contribution is -0.0572. The second kappa shape index (κ2) is 11.2. The number of halogens is 7. The number of ether oxygens (including phenoxy) is 1. The van der Waals surface area contributed by atoms with Crippen LogP contribution in [0.5, 0.6) is 0 Å². The van der Waals surface area contributed by atoms with Crippen molar-refractivity contribution in [2.75, 3.05) is 39.3 Å². The molecule has 0 aromatic rings. The lowest BCUT2D eigenvalue weighted by atomic mass is 10.2. The second-order valence-corrected chi connectivity index (χ2v) is 8.34. The zero-order chi connectivity index (χ0) is 23.0. The number of hydrogen-bond acceptors (Lipinski definition) is 6. The van der Waals surface area contributed by atoms with Crippen molar-refractivity contribution < 1.29 is 52.9 Å². The van der Waals surface area contributed by atoms with Crippen molar-refractivity contribution in [3.63, 3.8) is 0 Å². The molecule has 1 aliphatic heterocycles. The molecule has 0 radical (unpaired) electrons. The molecule has 0 atom stereocenters. The van der Waals surface area contributed by atoms with E-state index in [-0.39, 0.29) is 12.6 Å². The van der Waals surface area contributed by atoms with E-state index in [4.69, 9.17) is 4.74 Å². The summed E-state index contributed by atoms with van der Waals surface area (Å²) in [6.07, 6.45) is -5.95. The van der Waals surface area contributed by atoms with Crippen LogP contribution in [0, 0.1) is 0 Å². The maximum absolute atomic E-state index is 12.2. The largest absolute Gasteiger partial charge is 0.523 e. The molecule has 0 aromatic heterocycles. The van der Waals surface area contributed by atoms with Gasteiger partial charge in [-0.05, 0) is 20.8 Å². The van der Waals surface area contributed by atoms with Gasteiger partial charge in [0.25, 0.3) is 12.9 Å². The van der Waals surface area contributed by atoms with Crippen LogP contribution in [0.4, 0.5) is 35.5 Å². The van der Waals surface area contributed by atoms with Crippen LogP contribution in [0.3, 0.4) is 0 Å². The summed E-state index contributed by atoms with van der Waals surface area (Å²) in [7, 11) is -5.87. The molecule has 0 saturated carbocycles. The lowest BCUT2D eigenvalue weighted by Gasteiger charge is -2.35. The number of rotatable bonds is 5. The van der Waals surface area contributed by atoms with E-state index in [0.717, 1.165) is 0 Å². The van der Waals surface area contributed by atoms with E-state index in [0.29, 0.717) is 26.2 Å². The van der Waals surface area contributed by atoms with Gasteiger partial charge >= 0.3 is 21.7 Å². The molecule has 0 N–H and O–H groups in total. The van der Waals surface area contributed by atoms with Crippen molar-refractivity contribution >= 4 is 16.2 Å². The lowest BCUT2D eigenvalue weighted by Crippen LogP contribution is -2.50. The fraction of sp³-hybridized carbons (Fsp3) is 0.929. The van der Waals surface area contributed by atoms with Crippen molar-refractivity contribution in [3.05, 3.63) is 0 Å². The SMILES string of the molecule is CC(C)(C)OC(=O)N1CCN(CC(F)F)CC1.O=S(=O)(OCC(F)F)C(F)(F)F. The van der Waals surface area contributed by atoms with Gasteiger partial charge in [0.1, 0.15) is 12.2 Å². The first-order valence-corrected chi connectivity index (χ1v) is 9.57. The van der Waals surface area contributed by atoms with Gasteiger partial charge in [-0.3, -0.25) is 9.08 Å². The normalized spacial score (nSPS) is 16.6. The second-order valence-electron chi connectivity index (χ2n) is 6.73. The Hall–Kier alpha value is -1.35. The minimum absolute atomic E-state index is 0.220. The summed E-state index contributed by atoms with van der Waals surface area (Å²) in [4.78, 5) is 14.9. The van der Waals surface area contributed by atoms with Gasteiger partial charge in [0.05, 0.1) is 6.54 Å². The van der Waals surface area contributed by atoms with Crippen LogP contribution in [0.1, 0.15) is 20.8 Å². The Balaban J connectivity index is 0.000000578. The minimum atomic E-state index is -5.87. The Morgan fingerprint density at radius 2 is 1.45 bits per heavy atom. The number of alkyl halides is 7. The van der Waals surface area contributed by atoms with Crippen LogP contribution in [-0.4, -0.2) is 87.6 Å². The number of hydrogen-bond donors (Lipinski definition) is 0. The highest BCUT2D eigenvalue weighted by Gasteiger charge is 2.47. The van der Waals surface area contributed by atoms with Crippen molar-refractivity contribution in [1.29, 1.82) is 0 Å². The molecule has 0 aromatic carbocycles. The molecule has 174 valence electrons. The Morgan fingerprint density at radius 1 is 0.966 bits per heavy atom. The standard InChI is InChI=1S/C11H20F2N2O2.C3H3F5O3S/c1-11(2,3)17-10(16)15-6-4-14(5-7-15)8-9(12)13;4-2(5)1-11-12(9,10)3(6,7)8/h9H,4-8H2,1-3H3;2H,1H2. The van der Waals surface area contributed by atoms with E-state index in [1.54, 1.807) is 30.6 Å². The first-order valence-electron chi connectivity index (χ1n) is 8.17. The maximum Gasteiger partial charge on any atom is 0.523 e. The van der Waals surface area contributed by atoms with Gasteiger partial charge in [-0.15, -0.1) is 0 Å². The molecule has 0 spiro atoms. The van der Waals surface area contributed by atoms with Crippen LogP contribution >= 0.6 is 0 Å². The summed E-state index contributed by atoms with van der Waals surface area (Å²) >= 11 is 0. The van der Waals surface area contributed by atoms with Gasteiger partial charge in [-0.25, -0.2) is 22.4 Å². The van der Waals surface area contributed by atoms with Crippen molar-refractivity contribution in [1.82, 2.24) is 9.80 Å². The molecule has 1 fully saturated rings. The highest BCUT2D eigenvalue weighted by Crippen LogP contribution is 2.24. The minimum Gasteiger partial charge on any atom is -0.444 e. The number of piperazine rings is 1. The molecule has 1 amide bonds. The molecule has 0 unspecified atom stereocenters. The summed E-state index contributed by atoms with van der Waals surface area (Å²) < 4.78 is 109. The Labute approximate surface area is 163 Å². The monoisotopic (exact) mass is 464 g/mol. The molecule has 7 nitrogen and oxygen atoms in total. The molecule has 1 aliphatic rings. The summed E-state index contributed by atoms with van der Waals surface area (Å²) in [5, 5.41) is 0. The van der Waals surface area contributed by atoms with Gasteiger partial charge in [-0.1, -0.05) is 0 Å². The third kappa shape index (κ3) is 12.1. The van der Waals surface area contributed by atoms with Gasteiger partial charge in [0.2, 0.25) is 0 Å². The van der Waals surface area contributed by atoms with E-state index in [1.807, 2.05) is 0 Å². The van der Waals surface area contributed by atoms with Gasteiger partial charge in [-0.2, -0.15) is 21.6 Å². The molecule has 1 heterocycles. The average Bonchev–Trinajstić information content (AvgIpc) is 2.51. The van der Waals surface area contributed by atoms with Crippen molar-refractivity contribution in [3.8, 4) is 0 Å². The van der Waals surface area contributed by atoms with Gasteiger partial charge in [0.15, 0.2) is 0 Å². The van der Waals surface area contributed by atoms with Crippen molar-refractivity contribution in [2.45, 2.75) is 44.7 Å². The zero-order valence-electron chi connectivity index (χ0n) is 15.9. The van der Waals surface area contributed by atoms with Crippen LogP contribution in [0.25, 0.3) is 0 Å². The Morgan fingerprint density at radius 3 is 1.79 bits per heavy atom. The smallest absolute Gasteiger partial charge is 0.444 e. The Bertz CT molecular complexity index is 600. The third-order valence-electron chi connectivity index (χ3n) is 3.05. The number of amides is 1. The predicted molar refractivity (Wildman–Crippen MR) is 87.2 cm³/mol. The van der Waals surface area contributed by atoms with Crippen LogP contribution in [0.2, 0.25) is 0 Å². The highest BCUT2D eigenvalue weighted by molar-refractivity contribution is 7.87. The predicted octanol–water partition coefficient (Wildman–Crippen LogP) is 2.92. The fourth-order valence-corrected chi connectivity index (χ4v) is 2.26. The van der Waals surface area contributed by atoms with Crippen molar-refractivity contribution in [2.24, 2.45) is 0 Å². The first-order chi connectivity index (χ1) is 12.9. The molecule has 29 heavy (non-hydrogen) atoms. The molecule has 15 heteroatoms. The van der Waals surface area contributed by atoms with E-state index in [2.05, 4.69) is 4.18 Å². The molecule has 1 saturated heterocycles. The Kier molecular flexibility index (Phi) is 10.6. The molecule has 0 aliphatic carbocycles. The molecule has 1 rings (SSSR count). The molecular formula is C14H23F7N2O5S. The number of carbonyl (C=O) groups excluding carboxylic acids is 1. The van der Waals surface area contributed by atoms with E-state index < -0.39 is 40.7 Å². The van der Waals surface area contributed by atoms with E-state index in [1.165, 1.54) is 0 Å². The summed E-state index contributed by atoms with van der Waals surface area (Å²) in [6, 6.07) is 0. The fourth-order valence-electron chi connectivity index (χ4n) is 1.84. The third-order valence-corrected chi connectivity index (χ3v) is 4.07. The average molecular weight is 464 g/mol. The topological polar surface area (TPSA) is 76.2 Å². The number of nitrogens with zero attached hydrogens (tertiary/aromatic N) is 2. The number of carbonyl (C=O) groups is 1. The molecule has 0 bridgehead atoms. The first kappa shape index (κ1) is 27.6. The van der Waals surface area contributed by atoms with Crippen LogP contribution in [-0.2, 0) is 19.0 Å². The van der Waals surface area contributed by atoms with Gasteiger partial charge in [0, 0.05) is 26.2 Å². The summed E-state index contributed by atoms with van der Waals surface area (Å²) in [5.41, 5.74) is -6.17. The quantitative estimate of drug-likeness (QED) is 0.354. The van der Waals surface area contributed by atoms with Crippen LogP contribution in [0.15, 0.2) is 0 Å². The maximum atomic E-state index is 12.2. The summed E-state index contributed by atoms with van der Waals surface area (Å²) in [5.74, 6) is 0. The van der Waals surface area contributed by atoms with Crippen LogP contribution < -0.4 is 0 Å². The van der Waals surface area contributed by atoms with E-state index >= 15 is 0 Å². The zero-order valence-corrected chi connectivity index (χ0v) is 16.7. The van der Waals surface area contributed by atoms with E-state index in [9.17, 15) is 43.9 Å². The van der Waals surface area contributed by atoms with Gasteiger partial charge < -0.3 is 9.64 Å². The highest BCUT2D eigenvalue weighted by atomic mass is 32.2.